The van der Waals surface area contributed by atoms with Crippen molar-refractivity contribution in [3.8, 4) is 17.2 Å². The topological polar surface area (TPSA) is 94.1 Å². The van der Waals surface area contributed by atoms with Crippen molar-refractivity contribution in [2.24, 2.45) is 0 Å². The summed E-state index contributed by atoms with van der Waals surface area (Å²) in [6, 6.07) is 8.99. The van der Waals surface area contributed by atoms with Gasteiger partial charge in [0.15, 0.2) is 11.5 Å². The first-order chi connectivity index (χ1) is 11.5. The quantitative estimate of drug-likeness (QED) is 0.845. The molecule has 0 saturated heterocycles. The van der Waals surface area contributed by atoms with Gasteiger partial charge in [-0.25, -0.2) is 4.79 Å². The number of methoxy groups -OCH3 is 3. The van der Waals surface area contributed by atoms with Crippen LogP contribution in [0.4, 0.5) is 5.69 Å². The summed E-state index contributed by atoms with van der Waals surface area (Å²) in [5.74, 6) is -0.428. The van der Waals surface area contributed by atoms with Gasteiger partial charge in [-0.2, -0.15) is 0 Å². The van der Waals surface area contributed by atoms with Crippen molar-refractivity contribution >= 4 is 17.6 Å². The Morgan fingerprint density at radius 3 is 2.04 bits per heavy atom. The Kier molecular flexibility index (Phi) is 5.26. The fraction of sp³-hybridized carbons (Fsp3) is 0.176. The second kappa shape index (κ2) is 7.36. The lowest BCUT2D eigenvalue weighted by molar-refractivity contribution is 0.0696. The molecule has 2 aromatic rings. The van der Waals surface area contributed by atoms with Crippen LogP contribution in [0.15, 0.2) is 36.4 Å². The molecule has 0 aromatic heterocycles. The average Bonchev–Trinajstić information content (AvgIpc) is 2.60. The van der Waals surface area contributed by atoms with Crippen molar-refractivity contribution in [3.63, 3.8) is 0 Å². The molecule has 7 heteroatoms. The monoisotopic (exact) mass is 331 g/mol. The summed E-state index contributed by atoms with van der Waals surface area (Å²) in [6.45, 7) is 0. The largest absolute Gasteiger partial charge is 0.493 e. The predicted octanol–water partition coefficient (Wildman–Crippen LogP) is 2.66. The number of anilines is 1. The first kappa shape index (κ1) is 17.1. The van der Waals surface area contributed by atoms with Crippen LogP contribution >= 0.6 is 0 Å². The third-order valence-electron chi connectivity index (χ3n) is 3.29. The summed E-state index contributed by atoms with van der Waals surface area (Å²) in [4.78, 5) is 23.4. The van der Waals surface area contributed by atoms with Crippen LogP contribution in [0.2, 0.25) is 0 Å². The van der Waals surface area contributed by atoms with Crippen LogP contribution in [0.25, 0.3) is 0 Å². The molecule has 126 valence electrons. The van der Waals surface area contributed by atoms with Crippen molar-refractivity contribution in [2.75, 3.05) is 26.6 Å². The lowest BCUT2D eigenvalue weighted by Gasteiger charge is -2.14. The first-order valence-corrected chi connectivity index (χ1v) is 6.95. The SMILES string of the molecule is COc1cc(C(=O)Nc2cccc(C(=O)O)c2)cc(OC)c1OC. The molecule has 2 N–H and O–H groups in total. The number of carbonyl (C=O) groups excluding carboxylic acids is 1. The van der Waals surface area contributed by atoms with Gasteiger partial charge in [0.05, 0.1) is 26.9 Å². The molecular formula is C17H17NO6. The van der Waals surface area contributed by atoms with Gasteiger partial charge in [0.2, 0.25) is 5.75 Å². The number of hydrogen-bond acceptors (Lipinski definition) is 5. The summed E-state index contributed by atoms with van der Waals surface area (Å²) in [5, 5.41) is 11.6. The zero-order valence-corrected chi connectivity index (χ0v) is 13.5. The molecule has 0 spiro atoms. The molecule has 2 aromatic carbocycles. The summed E-state index contributed by atoms with van der Waals surface area (Å²) < 4.78 is 15.6. The van der Waals surface area contributed by atoms with Gasteiger partial charge in [0.1, 0.15) is 0 Å². The Morgan fingerprint density at radius 1 is 0.917 bits per heavy atom. The Bertz CT molecular complexity index is 746. The Morgan fingerprint density at radius 2 is 1.54 bits per heavy atom. The van der Waals surface area contributed by atoms with Crippen LogP contribution in [0, 0.1) is 0 Å². The number of aromatic carboxylic acids is 1. The van der Waals surface area contributed by atoms with E-state index in [1.807, 2.05) is 0 Å². The minimum Gasteiger partial charge on any atom is -0.493 e. The minimum absolute atomic E-state index is 0.0812. The number of hydrogen-bond donors (Lipinski definition) is 2. The lowest BCUT2D eigenvalue weighted by Crippen LogP contribution is -2.13. The van der Waals surface area contributed by atoms with E-state index >= 15 is 0 Å². The van der Waals surface area contributed by atoms with Crippen molar-refractivity contribution in [1.29, 1.82) is 0 Å². The maximum Gasteiger partial charge on any atom is 0.335 e. The molecule has 0 fully saturated rings. The zero-order chi connectivity index (χ0) is 17.7. The van der Waals surface area contributed by atoms with E-state index in [1.165, 1.54) is 45.6 Å². The van der Waals surface area contributed by atoms with Gasteiger partial charge in [-0.05, 0) is 30.3 Å². The van der Waals surface area contributed by atoms with Crippen LogP contribution in [0.3, 0.4) is 0 Å². The van der Waals surface area contributed by atoms with Gasteiger partial charge < -0.3 is 24.6 Å². The first-order valence-electron chi connectivity index (χ1n) is 6.95. The van der Waals surface area contributed by atoms with Crippen LogP contribution in [-0.2, 0) is 0 Å². The van der Waals surface area contributed by atoms with Crippen molar-refractivity contribution in [3.05, 3.63) is 47.5 Å². The maximum atomic E-state index is 12.4. The highest BCUT2D eigenvalue weighted by Crippen LogP contribution is 2.38. The summed E-state index contributed by atoms with van der Waals surface area (Å²) in [6.07, 6.45) is 0. The summed E-state index contributed by atoms with van der Waals surface area (Å²) in [7, 11) is 4.38. The second-order valence-corrected chi connectivity index (χ2v) is 4.75. The van der Waals surface area contributed by atoms with E-state index in [4.69, 9.17) is 19.3 Å². The number of carbonyl (C=O) groups is 2. The molecule has 0 heterocycles. The van der Waals surface area contributed by atoms with E-state index in [1.54, 1.807) is 12.1 Å². The van der Waals surface area contributed by atoms with Crippen molar-refractivity contribution < 1.29 is 28.9 Å². The molecule has 24 heavy (non-hydrogen) atoms. The highest BCUT2D eigenvalue weighted by Gasteiger charge is 2.17. The fourth-order valence-electron chi connectivity index (χ4n) is 2.15. The number of amides is 1. The number of carboxylic acid groups (broad SMARTS) is 1. The standard InChI is InChI=1S/C17H17NO6/c1-22-13-8-11(9-14(23-2)15(13)24-3)16(19)18-12-6-4-5-10(7-12)17(20)21/h4-9H,1-3H3,(H,18,19)(H,20,21). The lowest BCUT2D eigenvalue weighted by atomic mass is 10.1. The highest BCUT2D eigenvalue weighted by atomic mass is 16.5. The highest BCUT2D eigenvalue weighted by molar-refractivity contribution is 6.05. The Balaban J connectivity index is 2.33. The second-order valence-electron chi connectivity index (χ2n) is 4.75. The molecule has 0 unspecified atom stereocenters. The third kappa shape index (κ3) is 3.57. The van der Waals surface area contributed by atoms with Gasteiger partial charge in [0, 0.05) is 11.3 Å². The van der Waals surface area contributed by atoms with E-state index in [0.29, 0.717) is 22.9 Å². The molecule has 7 nitrogen and oxygen atoms in total. The van der Waals surface area contributed by atoms with Crippen LogP contribution < -0.4 is 19.5 Å². The Hall–Kier alpha value is -3.22. The molecule has 0 bridgehead atoms. The van der Waals surface area contributed by atoms with Gasteiger partial charge in [-0.3, -0.25) is 4.79 Å². The minimum atomic E-state index is -1.07. The van der Waals surface area contributed by atoms with Crippen LogP contribution in [0.1, 0.15) is 20.7 Å². The molecule has 0 atom stereocenters. The predicted molar refractivity (Wildman–Crippen MR) is 87.5 cm³/mol. The number of rotatable bonds is 6. The number of benzene rings is 2. The molecule has 2 rings (SSSR count). The van der Waals surface area contributed by atoms with Crippen molar-refractivity contribution in [1.82, 2.24) is 0 Å². The molecule has 0 saturated carbocycles. The van der Waals surface area contributed by atoms with Gasteiger partial charge in [-0.1, -0.05) is 6.07 Å². The summed E-state index contributed by atoms with van der Waals surface area (Å²) in [5.41, 5.74) is 0.733. The van der Waals surface area contributed by atoms with E-state index in [9.17, 15) is 9.59 Å². The number of ether oxygens (including phenoxy) is 3. The normalized spacial score (nSPS) is 9.96. The zero-order valence-electron chi connectivity index (χ0n) is 13.5. The van der Waals surface area contributed by atoms with E-state index < -0.39 is 11.9 Å². The van der Waals surface area contributed by atoms with Gasteiger partial charge in [-0.15, -0.1) is 0 Å². The molecule has 0 radical (unpaired) electrons. The molecular weight excluding hydrogens is 314 g/mol. The number of carboxylic acids is 1. The van der Waals surface area contributed by atoms with Crippen molar-refractivity contribution in [2.45, 2.75) is 0 Å². The van der Waals surface area contributed by atoms with E-state index in [0.717, 1.165) is 0 Å². The van der Waals surface area contributed by atoms with E-state index in [2.05, 4.69) is 5.32 Å². The molecule has 0 aliphatic carbocycles. The maximum absolute atomic E-state index is 12.4. The average molecular weight is 331 g/mol. The van der Waals surface area contributed by atoms with Crippen LogP contribution in [0.5, 0.6) is 17.2 Å². The van der Waals surface area contributed by atoms with Gasteiger partial charge in [0.25, 0.3) is 5.91 Å². The molecule has 0 aliphatic heterocycles. The number of nitrogens with one attached hydrogen (secondary N) is 1. The molecule has 1 amide bonds. The summed E-state index contributed by atoms with van der Waals surface area (Å²) >= 11 is 0. The van der Waals surface area contributed by atoms with Crippen LogP contribution in [-0.4, -0.2) is 38.3 Å². The molecule has 0 aliphatic rings. The van der Waals surface area contributed by atoms with E-state index in [-0.39, 0.29) is 11.1 Å². The fourth-order valence-corrected chi connectivity index (χ4v) is 2.15. The Labute approximate surface area is 138 Å². The third-order valence-corrected chi connectivity index (χ3v) is 3.29. The smallest absolute Gasteiger partial charge is 0.335 e. The van der Waals surface area contributed by atoms with Gasteiger partial charge >= 0.3 is 5.97 Å².